The molecule has 1 fully saturated rings. The lowest BCUT2D eigenvalue weighted by molar-refractivity contribution is -0.113. The van der Waals surface area contributed by atoms with Crippen LogP contribution in [0.15, 0.2) is 99.3 Å². The minimum Gasteiger partial charge on any atom is -0.268 e. The molecule has 5 heteroatoms. The molecule has 1 aliphatic heterocycles. The minimum atomic E-state index is -0.0687. The van der Waals surface area contributed by atoms with Gasteiger partial charge in [0.05, 0.1) is 16.3 Å². The summed E-state index contributed by atoms with van der Waals surface area (Å²) in [7, 11) is 0. The Kier molecular flexibility index (Phi) is 5.23. The molecule has 0 aromatic heterocycles. The fraction of sp³-hybridized carbons (Fsp3) is 0. The summed E-state index contributed by atoms with van der Waals surface area (Å²) in [6.45, 7) is 0. The normalized spacial score (nSPS) is 17.1. The van der Waals surface area contributed by atoms with E-state index in [2.05, 4.69) is 15.9 Å². The Balaban J connectivity index is 1.77. The summed E-state index contributed by atoms with van der Waals surface area (Å²) in [5.41, 5.74) is 2.59. The van der Waals surface area contributed by atoms with Gasteiger partial charge in [-0.15, -0.1) is 0 Å². The highest BCUT2D eigenvalue weighted by Gasteiger charge is 2.34. The lowest BCUT2D eigenvalue weighted by Crippen LogP contribution is -2.28. The third-order valence-corrected chi connectivity index (χ3v) is 5.41. The molecule has 3 nitrogen and oxygen atoms in total. The number of anilines is 1. The molecule has 1 heterocycles. The van der Waals surface area contributed by atoms with Gasteiger partial charge in [-0.1, -0.05) is 64.5 Å². The first kappa shape index (κ1) is 17.8. The first-order chi connectivity index (χ1) is 13.2. The van der Waals surface area contributed by atoms with E-state index in [1.54, 1.807) is 4.90 Å². The van der Waals surface area contributed by atoms with Crippen LogP contribution in [0.2, 0.25) is 0 Å². The molecule has 0 aliphatic carbocycles. The molecule has 0 N–H and O–H groups in total. The number of benzene rings is 3. The maximum atomic E-state index is 13.1. The smallest absolute Gasteiger partial charge is 0.268 e. The van der Waals surface area contributed by atoms with Crippen LogP contribution in [0.1, 0.15) is 5.56 Å². The van der Waals surface area contributed by atoms with Crippen LogP contribution in [0.4, 0.5) is 11.4 Å². The molecule has 3 aromatic carbocycles. The van der Waals surface area contributed by atoms with Gasteiger partial charge < -0.3 is 0 Å². The van der Waals surface area contributed by atoms with E-state index in [9.17, 15) is 4.79 Å². The van der Waals surface area contributed by atoms with Crippen molar-refractivity contribution in [3.05, 3.63) is 99.9 Å². The van der Waals surface area contributed by atoms with E-state index in [1.165, 1.54) is 11.8 Å². The molecule has 27 heavy (non-hydrogen) atoms. The average molecular weight is 435 g/mol. The fourth-order valence-corrected chi connectivity index (χ4v) is 4.13. The van der Waals surface area contributed by atoms with E-state index in [0.717, 1.165) is 21.4 Å². The number of aliphatic imine (C=N–C) groups is 1. The van der Waals surface area contributed by atoms with Crippen molar-refractivity contribution in [1.29, 1.82) is 0 Å². The number of carbonyl (C=O) groups is 1. The highest BCUT2D eigenvalue weighted by molar-refractivity contribution is 9.10. The summed E-state index contributed by atoms with van der Waals surface area (Å²) in [5, 5.41) is 0.652. The number of hydrogen-bond donors (Lipinski definition) is 0. The lowest BCUT2D eigenvalue weighted by atomic mass is 10.2. The van der Waals surface area contributed by atoms with Gasteiger partial charge in [-0.3, -0.25) is 9.69 Å². The molecular weight excluding hydrogens is 420 g/mol. The Hall–Kier alpha value is -2.63. The van der Waals surface area contributed by atoms with Crippen LogP contribution in [0.3, 0.4) is 0 Å². The molecule has 0 atom stereocenters. The number of halogens is 1. The van der Waals surface area contributed by atoms with Gasteiger partial charge in [0.1, 0.15) is 0 Å². The Morgan fingerprint density at radius 2 is 1.59 bits per heavy atom. The van der Waals surface area contributed by atoms with Crippen molar-refractivity contribution in [2.75, 3.05) is 4.90 Å². The number of para-hydroxylation sites is 2. The van der Waals surface area contributed by atoms with E-state index in [1.807, 2.05) is 91.0 Å². The predicted molar refractivity (Wildman–Crippen MR) is 117 cm³/mol. The van der Waals surface area contributed by atoms with Gasteiger partial charge in [0.25, 0.3) is 5.91 Å². The summed E-state index contributed by atoms with van der Waals surface area (Å²) in [6, 6.07) is 27.2. The standard InChI is InChI=1S/C22H15BrN2OS/c23-17-9-7-8-16(14-17)15-20-21(26)25(19-12-5-2-6-13-19)22(27-20)24-18-10-3-1-4-11-18/h1-15H/b20-15+,24-22?. The molecule has 0 unspecified atom stereocenters. The number of hydrogen-bond acceptors (Lipinski definition) is 3. The Bertz CT molecular complexity index is 1030. The van der Waals surface area contributed by atoms with Crippen molar-refractivity contribution < 1.29 is 4.79 Å². The highest BCUT2D eigenvalue weighted by atomic mass is 79.9. The molecule has 1 saturated heterocycles. The van der Waals surface area contributed by atoms with Crippen molar-refractivity contribution >= 4 is 56.2 Å². The summed E-state index contributed by atoms with van der Waals surface area (Å²) < 4.78 is 0.977. The predicted octanol–water partition coefficient (Wildman–Crippen LogP) is 6.26. The van der Waals surface area contributed by atoms with Crippen LogP contribution in [-0.4, -0.2) is 11.1 Å². The lowest BCUT2D eigenvalue weighted by Gasteiger charge is -2.15. The van der Waals surface area contributed by atoms with E-state index in [4.69, 9.17) is 4.99 Å². The molecule has 132 valence electrons. The average Bonchev–Trinajstić information content (AvgIpc) is 2.98. The molecule has 4 rings (SSSR count). The van der Waals surface area contributed by atoms with Gasteiger partial charge in [0.2, 0.25) is 0 Å². The number of carbonyl (C=O) groups excluding carboxylic acids is 1. The zero-order chi connectivity index (χ0) is 18.6. The van der Waals surface area contributed by atoms with Gasteiger partial charge >= 0.3 is 0 Å². The molecule has 1 amide bonds. The molecule has 0 bridgehead atoms. The topological polar surface area (TPSA) is 32.7 Å². The summed E-state index contributed by atoms with van der Waals surface area (Å²) >= 11 is 4.87. The van der Waals surface area contributed by atoms with Crippen LogP contribution < -0.4 is 4.90 Å². The second kappa shape index (κ2) is 7.94. The molecular formula is C22H15BrN2OS. The Labute approximate surface area is 170 Å². The third-order valence-electron chi connectivity index (χ3n) is 3.95. The Morgan fingerprint density at radius 3 is 2.30 bits per heavy atom. The first-order valence-electron chi connectivity index (χ1n) is 8.39. The zero-order valence-corrected chi connectivity index (χ0v) is 16.7. The van der Waals surface area contributed by atoms with Crippen LogP contribution in [0, 0.1) is 0 Å². The second-order valence-corrected chi connectivity index (χ2v) is 7.80. The van der Waals surface area contributed by atoms with Gasteiger partial charge in [0.15, 0.2) is 5.17 Å². The maximum absolute atomic E-state index is 13.1. The van der Waals surface area contributed by atoms with Gasteiger partial charge in [-0.2, -0.15) is 0 Å². The molecule has 0 spiro atoms. The van der Waals surface area contributed by atoms with Gasteiger partial charge in [-0.05, 0) is 59.8 Å². The quantitative estimate of drug-likeness (QED) is 0.455. The van der Waals surface area contributed by atoms with Crippen LogP contribution in [-0.2, 0) is 4.79 Å². The SMILES string of the molecule is O=C1/C(=C\c2cccc(Br)c2)SC(=Nc2ccccc2)N1c1ccccc1. The van der Waals surface area contributed by atoms with Crippen molar-refractivity contribution in [1.82, 2.24) is 0 Å². The second-order valence-electron chi connectivity index (χ2n) is 5.87. The molecule has 0 radical (unpaired) electrons. The monoisotopic (exact) mass is 434 g/mol. The number of amidine groups is 1. The highest BCUT2D eigenvalue weighted by Crippen LogP contribution is 2.37. The third kappa shape index (κ3) is 4.04. The fourth-order valence-electron chi connectivity index (χ4n) is 2.71. The van der Waals surface area contributed by atoms with Crippen LogP contribution >= 0.6 is 27.7 Å². The maximum Gasteiger partial charge on any atom is 0.271 e. The number of amides is 1. The largest absolute Gasteiger partial charge is 0.271 e. The number of nitrogens with zero attached hydrogens (tertiary/aromatic N) is 2. The summed E-state index contributed by atoms with van der Waals surface area (Å²) in [4.78, 5) is 20.2. The summed E-state index contributed by atoms with van der Waals surface area (Å²) in [6.07, 6.45) is 1.90. The van der Waals surface area contributed by atoms with E-state index < -0.39 is 0 Å². The van der Waals surface area contributed by atoms with Crippen LogP contribution in [0.5, 0.6) is 0 Å². The molecule has 3 aromatic rings. The minimum absolute atomic E-state index is 0.0687. The molecule has 1 aliphatic rings. The zero-order valence-electron chi connectivity index (χ0n) is 14.2. The van der Waals surface area contributed by atoms with Crippen molar-refractivity contribution in [3.8, 4) is 0 Å². The van der Waals surface area contributed by atoms with Crippen molar-refractivity contribution in [2.24, 2.45) is 4.99 Å². The van der Waals surface area contributed by atoms with E-state index in [0.29, 0.717) is 10.1 Å². The van der Waals surface area contributed by atoms with E-state index in [-0.39, 0.29) is 5.91 Å². The number of thioether (sulfide) groups is 1. The van der Waals surface area contributed by atoms with Crippen molar-refractivity contribution in [3.63, 3.8) is 0 Å². The Morgan fingerprint density at radius 1 is 0.889 bits per heavy atom. The van der Waals surface area contributed by atoms with Crippen molar-refractivity contribution in [2.45, 2.75) is 0 Å². The van der Waals surface area contributed by atoms with E-state index >= 15 is 0 Å². The van der Waals surface area contributed by atoms with Gasteiger partial charge in [-0.25, -0.2) is 4.99 Å². The molecule has 0 saturated carbocycles. The van der Waals surface area contributed by atoms with Gasteiger partial charge in [0, 0.05) is 4.47 Å². The van der Waals surface area contributed by atoms with Crippen LogP contribution in [0.25, 0.3) is 6.08 Å². The summed E-state index contributed by atoms with van der Waals surface area (Å²) in [5.74, 6) is -0.0687. The number of rotatable bonds is 3. The first-order valence-corrected chi connectivity index (χ1v) is 10.00.